The van der Waals surface area contributed by atoms with Crippen molar-refractivity contribution in [2.45, 2.75) is 44.2 Å². The standard InChI is InChI=1S/C33H39N7O/c1-39(2)31(26-10-5-4-6-11-26)33(41)34-20-8-7-13-30-35-23-28(38-30)25-17-14-24(15-18-25)16-19-27-22-36-32(37-27)29-12-9-21-40(29)3/h4-6,10-11,14-15,17-18,22-23,29,31H,7-9,12-13,20-21H2,1-3H3,(H,34,41)(H,35,38)(H,36,37). The van der Waals surface area contributed by atoms with Gasteiger partial charge in [0.2, 0.25) is 5.91 Å². The fourth-order valence-corrected chi connectivity index (χ4v) is 5.38. The lowest BCUT2D eigenvalue weighted by Gasteiger charge is -2.23. The highest BCUT2D eigenvalue weighted by molar-refractivity contribution is 5.83. The van der Waals surface area contributed by atoms with E-state index >= 15 is 0 Å². The summed E-state index contributed by atoms with van der Waals surface area (Å²) in [5, 5.41) is 3.09. The van der Waals surface area contributed by atoms with Gasteiger partial charge in [-0.1, -0.05) is 48.4 Å². The summed E-state index contributed by atoms with van der Waals surface area (Å²) >= 11 is 0. The molecular weight excluding hydrogens is 510 g/mol. The number of unbranched alkanes of at least 4 members (excludes halogenated alkanes) is 1. The molecule has 1 amide bonds. The van der Waals surface area contributed by atoms with Crippen molar-refractivity contribution >= 4 is 5.91 Å². The molecule has 2 atom stereocenters. The molecule has 41 heavy (non-hydrogen) atoms. The molecule has 2 aromatic carbocycles. The molecule has 212 valence electrons. The minimum atomic E-state index is -0.289. The normalized spacial score (nSPS) is 16.0. The van der Waals surface area contributed by atoms with Gasteiger partial charge in [-0.3, -0.25) is 14.6 Å². The van der Waals surface area contributed by atoms with Gasteiger partial charge in [0.05, 0.1) is 24.1 Å². The van der Waals surface area contributed by atoms with Gasteiger partial charge in [-0.25, -0.2) is 9.97 Å². The van der Waals surface area contributed by atoms with Gasteiger partial charge in [0.1, 0.15) is 23.4 Å². The molecule has 2 unspecified atom stereocenters. The lowest BCUT2D eigenvalue weighted by atomic mass is 10.1. The van der Waals surface area contributed by atoms with Crippen LogP contribution in [0.25, 0.3) is 11.3 Å². The zero-order chi connectivity index (χ0) is 28.6. The van der Waals surface area contributed by atoms with Gasteiger partial charge >= 0.3 is 0 Å². The second kappa shape index (κ2) is 13.4. The zero-order valence-corrected chi connectivity index (χ0v) is 24.2. The Hall–Kier alpha value is -4.19. The maximum atomic E-state index is 12.8. The Bertz CT molecular complexity index is 1480. The summed E-state index contributed by atoms with van der Waals surface area (Å²) in [6, 6.07) is 18.2. The Kier molecular flexibility index (Phi) is 9.29. The second-order valence-electron chi connectivity index (χ2n) is 10.9. The number of hydrogen-bond donors (Lipinski definition) is 3. The number of rotatable bonds is 10. The largest absolute Gasteiger partial charge is 0.354 e. The first-order chi connectivity index (χ1) is 20.0. The number of aromatic amines is 2. The van der Waals surface area contributed by atoms with Crippen molar-refractivity contribution in [3.05, 3.63) is 95.5 Å². The van der Waals surface area contributed by atoms with E-state index in [1.54, 1.807) is 0 Å². The third-order valence-electron chi connectivity index (χ3n) is 7.62. The SMILES string of the molecule is CN(C)C(C(=O)NCCCCc1ncc(-c2ccc(C#Cc3cnc(C4CCCN4C)[nH]3)cc2)[nH]1)c1ccccc1. The van der Waals surface area contributed by atoms with Gasteiger partial charge < -0.3 is 15.3 Å². The Balaban J connectivity index is 1.08. The van der Waals surface area contributed by atoms with E-state index in [1.807, 2.05) is 73.9 Å². The summed E-state index contributed by atoms with van der Waals surface area (Å²) in [4.78, 5) is 33.0. The number of amides is 1. The quantitative estimate of drug-likeness (QED) is 0.197. The Morgan fingerprint density at radius 3 is 2.59 bits per heavy atom. The average Bonchev–Trinajstić information content (AvgIpc) is 3.74. The number of nitrogens with zero attached hydrogens (tertiary/aromatic N) is 4. The zero-order valence-electron chi connectivity index (χ0n) is 24.2. The smallest absolute Gasteiger partial charge is 0.241 e. The fourth-order valence-electron chi connectivity index (χ4n) is 5.38. The van der Waals surface area contributed by atoms with Gasteiger partial charge in [-0.2, -0.15) is 0 Å². The molecule has 0 saturated carbocycles. The number of likely N-dealkylation sites (tertiary alicyclic amines) is 1. The second-order valence-corrected chi connectivity index (χ2v) is 10.9. The van der Waals surface area contributed by atoms with E-state index in [4.69, 9.17) is 0 Å². The van der Waals surface area contributed by atoms with E-state index in [-0.39, 0.29) is 11.9 Å². The summed E-state index contributed by atoms with van der Waals surface area (Å²) in [7, 11) is 6.00. The number of likely N-dealkylation sites (N-methyl/N-ethyl adjacent to an activating group) is 1. The number of imidazole rings is 2. The van der Waals surface area contributed by atoms with Gasteiger partial charge in [0.15, 0.2) is 0 Å². The summed E-state index contributed by atoms with van der Waals surface area (Å²) < 4.78 is 0. The molecule has 0 spiro atoms. The van der Waals surface area contributed by atoms with Crippen LogP contribution in [0, 0.1) is 11.8 Å². The number of hydrogen-bond acceptors (Lipinski definition) is 5. The number of H-pyrrole nitrogens is 2. The molecule has 1 saturated heterocycles. The van der Waals surface area contributed by atoms with Crippen LogP contribution >= 0.6 is 0 Å². The summed E-state index contributed by atoms with van der Waals surface area (Å²) in [5.74, 6) is 8.43. The van der Waals surface area contributed by atoms with E-state index in [0.717, 1.165) is 72.0 Å². The first kappa shape index (κ1) is 28.3. The summed E-state index contributed by atoms with van der Waals surface area (Å²) in [6.45, 7) is 1.76. The highest BCUT2D eigenvalue weighted by atomic mass is 16.2. The maximum absolute atomic E-state index is 12.8. The number of nitrogens with one attached hydrogen (secondary N) is 3. The van der Waals surface area contributed by atoms with Crippen molar-refractivity contribution < 1.29 is 4.79 Å². The van der Waals surface area contributed by atoms with E-state index in [2.05, 4.69) is 61.2 Å². The van der Waals surface area contributed by atoms with Gasteiger partial charge in [-0.15, -0.1) is 0 Å². The van der Waals surface area contributed by atoms with Crippen LogP contribution < -0.4 is 5.32 Å². The van der Waals surface area contributed by atoms with Gasteiger partial charge in [0.25, 0.3) is 0 Å². The summed E-state index contributed by atoms with van der Waals surface area (Å²) in [6.07, 6.45) is 8.71. The number of carbonyl (C=O) groups is 1. The van der Waals surface area contributed by atoms with Crippen molar-refractivity contribution in [2.75, 3.05) is 34.2 Å². The lowest BCUT2D eigenvalue weighted by Crippen LogP contribution is -2.37. The molecule has 1 aliphatic rings. The van der Waals surface area contributed by atoms with E-state index in [9.17, 15) is 4.79 Å². The van der Waals surface area contributed by atoms with Crippen molar-refractivity contribution in [1.82, 2.24) is 35.1 Å². The number of aromatic nitrogens is 4. The molecular formula is C33H39N7O. The molecule has 0 bridgehead atoms. The molecule has 1 fully saturated rings. The van der Waals surface area contributed by atoms with Crippen molar-refractivity contribution in [3.63, 3.8) is 0 Å². The highest BCUT2D eigenvalue weighted by Gasteiger charge is 2.25. The third kappa shape index (κ3) is 7.31. The van der Waals surface area contributed by atoms with Crippen molar-refractivity contribution in [3.8, 4) is 23.1 Å². The fraction of sp³-hybridized carbons (Fsp3) is 0.364. The number of aryl methyl sites for hydroxylation is 1. The molecule has 0 radical (unpaired) electrons. The number of carbonyl (C=O) groups excluding carboxylic acids is 1. The van der Waals surface area contributed by atoms with Crippen LogP contribution in [0.1, 0.15) is 66.2 Å². The predicted molar refractivity (Wildman–Crippen MR) is 162 cm³/mol. The highest BCUT2D eigenvalue weighted by Crippen LogP contribution is 2.28. The molecule has 8 heteroatoms. The maximum Gasteiger partial charge on any atom is 0.241 e. The topological polar surface area (TPSA) is 92.9 Å². The van der Waals surface area contributed by atoms with Gasteiger partial charge in [-0.05, 0) is 82.6 Å². The van der Waals surface area contributed by atoms with Crippen LogP contribution in [-0.4, -0.2) is 69.9 Å². The Morgan fingerprint density at radius 2 is 1.85 bits per heavy atom. The van der Waals surface area contributed by atoms with Crippen LogP contribution in [0.5, 0.6) is 0 Å². The Morgan fingerprint density at radius 1 is 1.05 bits per heavy atom. The molecule has 8 nitrogen and oxygen atoms in total. The Labute approximate surface area is 242 Å². The first-order valence-corrected chi connectivity index (χ1v) is 14.4. The first-order valence-electron chi connectivity index (χ1n) is 14.4. The predicted octanol–water partition coefficient (Wildman–Crippen LogP) is 4.71. The van der Waals surface area contributed by atoms with E-state index in [1.165, 1.54) is 6.42 Å². The van der Waals surface area contributed by atoms with Crippen LogP contribution in [0.4, 0.5) is 0 Å². The van der Waals surface area contributed by atoms with Crippen molar-refractivity contribution in [2.24, 2.45) is 0 Å². The van der Waals surface area contributed by atoms with E-state index in [0.29, 0.717) is 12.6 Å². The van der Waals surface area contributed by atoms with Crippen LogP contribution in [0.2, 0.25) is 0 Å². The molecule has 5 rings (SSSR count). The van der Waals surface area contributed by atoms with Crippen LogP contribution in [0.3, 0.4) is 0 Å². The average molecular weight is 550 g/mol. The molecule has 3 heterocycles. The number of benzene rings is 2. The third-order valence-corrected chi connectivity index (χ3v) is 7.62. The molecule has 3 N–H and O–H groups in total. The van der Waals surface area contributed by atoms with Crippen molar-refractivity contribution in [1.29, 1.82) is 0 Å². The minimum Gasteiger partial charge on any atom is -0.354 e. The van der Waals surface area contributed by atoms with Crippen LogP contribution in [-0.2, 0) is 11.2 Å². The molecule has 4 aromatic rings. The molecule has 2 aromatic heterocycles. The molecule has 0 aliphatic carbocycles. The van der Waals surface area contributed by atoms with Gasteiger partial charge in [0, 0.05) is 18.5 Å². The minimum absolute atomic E-state index is 0.0286. The lowest BCUT2D eigenvalue weighted by molar-refractivity contribution is -0.125. The monoisotopic (exact) mass is 549 g/mol. The summed E-state index contributed by atoms with van der Waals surface area (Å²) in [5.41, 5.74) is 4.86. The van der Waals surface area contributed by atoms with Crippen LogP contribution in [0.15, 0.2) is 67.0 Å². The molecule has 1 aliphatic heterocycles. The van der Waals surface area contributed by atoms with E-state index < -0.39 is 0 Å².